The Morgan fingerprint density at radius 2 is 2.71 bits per heavy atom. The van der Waals surface area contributed by atoms with Crippen molar-refractivity contribution in [1.82, 2.24) is 5.01 Å². The molecule has 0 aromatic carbocycles. The van der Waals surface area contributed by atoms with Crippen LogP contribution in [-0.2, 0) is 0 Å². The van der Waals surface area contributed by atoms with Gasteiger partial charge in [0.25, 0.3) is 0 Å². The minimum absolute atomic E-state index is 0.909. The molecule has 40 valence electrons. The molecule has 2 nitrogen and oxygen atoms in total. The van der Waals surface area contributed by atoms with Gasteiger partial charge in [-0.05, 0) is 12.3 Å². The van der Waals surface area contributed by atoms with Crippen LogP contribution in [0.15, 0.2) is 11.1 Å². The monoisotopic (exact) mass is 116 g/mol. The third kappa shape index (κ3) is 0.894. The Balaban J connectivity index is 2.54. The molecule has 0 radical (unpaired) electrons. The quantitative estimate of drug-likeness (QED) is 0.473. The van der Waals surface area contributed by atoms with Crippen molar-refractivity contribution in [2.24, 2.45) is 5.84 Å². The van der Waals surface area contributed by atoms with E-state index in [9.17, 15) is 0 Å². The van der Waals surface area contributed by atoms with Crippen LogP contribution in [0.3, 0.4) is 0 Å². The number of nitrogens with two attached hydrogens (primary N) is 1. The van der Waals surface area contributed by atoms with Crippen molar-refractivity contribution in [2.45, 2.75) is 6.92 Å². The largest absolute Gasteiger partial charge is 0.305 e. The van der Waals surface area contributed by atoms with E-state index in [0.29, 0.717) is 0 Å². The van der Waals surface area contributed by atoms with E-state index < -0.39 is 0 Å². The van der Waals surface area contributed by atoms with Crippen LogP contribution in [0.5, 0.6) is 0 Å². The lowest BCUT2D eigenvalue weighted by Crippen LogP contribution is -2.24. The van der Waals surface area contributed by atoms with Crippen molar-refractivity contribution < 1.29 is 0 Å². The molecular weight excluding hydrogens is 108 g/mol. The van der Waals surface area contributed by atoms with Crippen LogP contribution in [0.25, 0.3) is 0 Å². The van der Waals surface area contributed by atoms with Gasteiger partial charge in [0.1, 0.15) is 0 Å². The highest BCUT2D eigenvalue weighted by molar-refractivity contribution is 8.02. The molecule has 0 aromatic heterocycles. The van der Waals surface area contributed by atoms with E-state index in [1.807, 2.05) is 6.92 Å². The van der Waals surface area contributed by atoms with Gasteiger partial charge >= 0.3 is 0 Å². The Morgan fingerprint density at radius 1 is 2.00 bits per heavy atom. The molecule has 0 aliphatic carbocycles. The van der Waals surface area contributed by atoms with E-state index in [0.717, 1.165) is 11.6 Å². The summed E-state index contributed by atoms with van der Waals surface area (Å²) >= 11 is 1.73. The summed E-state index contributed by atoms with van der Waals surface area (Å²) in [5.41, 5.74) is 1.16. The molecule has 0 unspecified atom stereocenters. The highest BCUT2D eigenvalue weighted by Crippen LogP contribution is 2.17. The molecule has 0 fully saturated rings. The minimum atomic E-state index is 0.909. The van der Waals surface area contributed by atoms with Gasteiger partial charge < -0.3 is 5.01 Å². The second kappa shape index (κ2) is 1.76. The predicted octanol–water partition coefficient (Wildman–Crippen LogP) is 0.728. The van der Waals surface area contributed by atoms with Gasteiger partial charge in [-0.25, -0.2) is 5.84 Å². The number of hydrogen-bond donors (Lipinski definition) is 1. The van der Waals surface area contributed by atoms with Crippen LogP contribution in [0.2, 0.25) is 0 Å². The lowest BCUT2D eigenvalue weighted by Gasteiger charge is -2.08. The van der Waals surface area contributed by atoms with Gasteiger partial charge in [0, 0.05) is 5.70 Å². The SMILES string of the molecule is CC1=CSCN1N. The maximum Gasteiger partial charge on any atom is 0.0833 e. The Labute approximate surface area is 47.3 Å². The van der Waals surface area contributed by atoms with Gasteiger partial charge in [-0.1, -0.05) is 0 Å². The van der Waals surface area contributed by atoms with Crippen molar-refractivity contribution >= 4 is 11.8 Å². The summed E-state index contributed by atoms with van der Waals surface area (Å²) in [6.07, 6.45) is 0. The summed E-state index contributed by atoms with van der Waals surface area (Å²) in [7, 11) is 0. The van der Waals surface area contributed by atoms with Crippen molar-refractivity contribution in [2.75, 3.05) is 5.88 Å². The van der Waals surface area contributed by atoms with Gasteiger partial charge in [-0.3, -0.25) is 0 Å². The fourth-order valence-electron chi connectivity index (χ4n) is 0.408. The second-order valence-corrected chi connectivity index (χ2v) is 2.35. The fraction of sp³-hybridized carbons (Fsp3) is 0.500. The van der Waals surface area contributed by atoms with Crippen LogP contribution >= 0.6 is 11.8 Å². The van der Waals surface area contributed by atoms with E-state index in [-0.39, 0.29) is 0 Å². The fourth-order valence-corrected chi connectivity index (χ4v) is 1.22. The smallest absolute Gasteiger partial charge is 0.0833 e. The summed E-state index contributed by atoms with van der Waals surface area (Å²) in [4.78, 5) is 0. The number of thioether (sulfide) groups is 1. The van der Waals surface area contributed by atoms with Gasteiger partial charge in [-0.15, -0.1) is 11.8 Å². The first-order valence-corrected chi connectivity index (χ1v) is 3.16. The van der Waals surface area contributed by atoms with Crippen LogP contribution in [0, 0.1) is 0 Å². The third-order valence-corrected chi connectivity index (χ3v) is 1.86. The Morgan fingerprint density at radius 3 is 2.86 bits per heavy atom. The van der Waals surface area contributed by atoms with Gasteiger partial charge in [0.05, 0.1) is 5.88 Å². The normalized spacial score (nSPS) is 20.3. The van der Waals surface area contributed by atoms with Crippen LogP contribution < -0.4 is 5.84 Å². The number of nitrogens with zero attached hydrogens (tertiary/aromatic N) is 1. The molecule has 0 aromatic rings. The third-order valence-electron chi connectivity index (χ3n) is 0.921. The molecule has 1 aliphatic heterocycles. The van der Waals surface area contributed by atoms with Crippen LogP contribution in [0.1, 0.15) is 6.92 Å². The highest BCUT2D eigenvalue weighted by atomic mass is 32.2. The van der Waals surface area contributed by atoms with Crippen LogP contribution in [0.4, 0.5) is 0 Å². The molecule has 2 N–H and O–H groups in total. The van der Waals surface area contributed by atoms with E-state index in [2.05, 4.69) is 5.41 Å². The van der Waals surface area contributed by atoms with Crippen LogP contribution in [-0.4, -0.2) is 10.9 Å². The number of hydrogen-bond acceptors (Lipinski definition) is 3. The number of rotatable bonds is 0. The van der Waals surface area contributed by atoms with Crippen molar-refractivity contribution in [3.63, 3.8) is 0 Å². The second-order valence-electron chi connectivity index (χ2n) is 1.52. The average Bonchev–Trinajstić information content (AvgIpc) is 1.91. The standard InChI is InChI=1S/C4H8N2S/c1-4-2-7-3-6(4)5/h2H,3,5H2,1H3. The first-order chi connectivity index (χ1) is 3.30. The lowest BCUT2D eigenvalue weighted by atomic mass is 10.6. The lowest BCUT2D eigenvalue weighted by molar-refractivity contribution is 0.434. The number of allylic oxidation sites excluding steroid dienone is 1. The molecule has 0 amide bonds. The maximum atomic E-state index is 5.42. The zero-order chi connectivity index (χ0) is 5.28. The summed E-state index contributed by atoms with van der Waals surface area (Å²) in [6, 6.07) is 0. The zero-order valence-electron chi connectivity index (χ0n) is 4.22. The van der Waals surface area contributed by atoms with Gasteiger partial charge in [-0.2, -0.15) is 0 Å². The average molecular weight is 116 g/mol. The molecule has 1 aliphatic rings. The molecule has 1 rings (SSSR count). The maximum absolute atomic E-state index is 5.42. The molecular formula is C4H8N2S. The minimum Gasteiger partial charge on any atom is -0.305 e. The van der Waals surface area contributed by atoms with E-state index in [1.54, 1.807) is 16.8 Å². The Kier molecular flexibility index (Phi) is 1.25. The Bertz CT molecular complexity index is 99.9. The summed E-state index contributed by atoms with van der Waals surface area (Å²) in [5.74, 6) is 6.33. The first-order valence-electron chi connectivity index (χ1n) is 2.11. The molecule has 0 saturated carbocycles. The van der Waals surface area contributed by atoms with Gasteiger partial charge in [0.2, 0.25) is 0 Å². The molecule has 0 atom stereocenters. The Hall–Kier alpha value is -0.150. The van der Waals surface area contributed by atoms with Crippen molar-refractivity contribution in [3.8, 4) is 0 Å². The summed E-state index contributed by atoms with van der Waals surface area (Å²) in [5, 5.41) is 3.78. The first kappa shape index (κ1) is 5.00. The zero-order valence-corrected chi connectivity index (χ0v) is 5.03. The van der Waals surface area contributed by atoms with Gasteiger partial charge in [0.15, 0.2) is 0 Å². The van der Waals surface area contributed by atoms with E-state index in [4.69, 9.17) is 5.84 Å². The molecule has 3 heteroatoms. The topological polar surface area (TPSA) is 29.3 Å². The van der Waals surface area contributed by atoms with Crippen molar-refractivity contribution in [1.29, 1.82) is 0 Å². The molecule has 0 spiro atoms. The summed E-state index contributed by atoms with van der Waals surface area (Å²) < 4.78 is 0. The van der Waals surface area contributed by atoms with E-state index in [1.165, 1.54) is 0 Å². The number of hydrazine groups is 1. The molecule has 0 saturated heterocycles. The molecule has 0 bridgehead atoms. The molecule has 7 heavy (non-hydrogen) atoms. The summed E-state index contributed by atoms with van der Waals surface area (Å²) in [6.45, 7) is 2.00. The van der Waals surface area contributed by atoms with Crippen molar-refractivity contribution in [3.05, 3.63) is 11.1 Å². The van der Waals surface area contributed by atoms with E-state index >= 15 is 0 Å². The predicted molar refractivity (Wildman–Crippen MR) is 32.2 cm³/mol. The molecule has 1 heterocycles. The highest BCUT2D eigenvalue weighted by Gasteiger charge is 2.04.